The predicted molar refractivity (Wildman–Crippen MR) is 77.8 cm³/mol. The molecule has 1 aromatic rings. The summed E-state index contributed by atoms with van der Waals surface area (Å²) in [6.45, 7) is 3.85. The molecule has 0 bridgehead atoms. The number of nitrogens with zero attached hydrogens (tertiary/aromatic N) is 1. The third kappa shape index (κ3) is 3.42. The summed E-state index contributed by atoms with van der Waals surface area (Å²) in [5, 5.41) is 3.37. The van der Waals surface area contributed by atoms with E-state index in [2.05, 4.69) is 12.2 Å². The molecule has 1 aliphatic carbocycles. The zero-order valence-corrected chi connectivity index (χ0v) is 13.2. The maximum atomic E-state index is 11.9. The molecule has 2 atom stereocenters. The Labute approximate surface area is 121 Å². The molecular formula is C14H24N2O3S. The number of hydrogen-bond donors (Lipinski definition) is 1. The van der Waals surface area contributed by atoms with Crippen molar-refractivity contribution in [2.45, 2.75) is 37.8 Å². The molecule has 114 valence electrons. The van der Waals surface area contributed by atoms with E-state index in [4.69, 9.17) is 4.42 Å². The van der Waals surface area contributed by atoms with Crippen molar-refractivity contribution >= 4 is 10.0 Å². The van der Waals surface area contributed by atoms with E-state index in [0.29, 0.717) is 12.3 Å². The average molecular weight is 300 g/mol. The average Bonchev–Trinajstić information content (AvgIpc) is 2.99. The lowest BCUT2D eigenvalue weighted by molar-refractivity contribution is 0.360. The van der Waals surface area contributed by atoms with Crippen LogP contribution in [0, 0.1) is 11.8 Å². The molecule has 1 aliphatic rings. The van der Waals surface area contributed by atoms with Crippen molar-refractivity contribution in [1.29, 1.82) is 0 Å². The molecular weight excluding hydrogens is 276 g/mol. The summed E-state index contributed by atoms with van der Waals surface area (Å²) in [4.78, 5) is 0. The fourth-order valence-electron chi connectivity index (χ4n) is 2.68. The van der Waals surface area contributed by atoms with Crippen LogP contribution in [-0.2, 0) is 16.6 Å². The summed E-state index contributed by atoms with van der Waals surface area (Å²) in [6.07, 6.45) is 3.92. The summed E-state index contributed by atoms with van der Waals surface area (Å²) >= 11 is 0. The van der Waals surface area contributed by atoms with E-state index in [-0.39, 0.29) is 5.09 Å². The lowest BCUT2D eigenvalue weighted by Gasteiger charge is -2.15. The Kier molecular flexibility index (Phi) is 4.88. The Morgan fingerprint density at radius 2 is 2.10 bits per heavy atom. The Morgan fingerprint density at radius 1 is 1.35 bits per heavy atom. The SMILES string of the molecule is CC1CCCC1CNCc1ccc(S(=O)(=O)N(C)C)o1. The highest BCUT2D eigenvalue weighted by Crippen LogP contribution is 2.30. The zero-order valence-electron chi connectivity index (χ0n) is 12.4. The van der Waals surface area contributed by atoms with Crippen LogP contribution in [-0.4, -0.2) is 33.4 Å². The second kappa shape index (κ2) is 6.28. The summed E-state index contributed by atoms with van der Waals surface area (Å²) in [6, 6.07) is 3.24. The zero-order chi connectivity index (χ0) is 14.8. The lowest BCUT2D eigenvalue weighted by Crippen LogP contribution is -2.24. The molecule has 0 amide bonds. The molecule has 0 aromatic carbocycles. The monoisotopic (exact) mass is 300 g/mol. The number of rotatable bonds is 6. The Morgan fingerprint density at radius 3 is 2.70 bits per heavy atom. The van der Waals surface area contributed by atoms with Gasteiger partial charge in [-0.05, 0) is 36.9 Å². The van der Waals surface area contributed by atoms with Crippen LogP contribution in [0.3, 0.4) is 0 Å². The number of nitrogens with one attached hydrogen (secondary N) is 1. The molecule has 0 aliphatic heterocycles. The van der Waals surface area contributed by atoms with Gasteiger partial charge in [-0.2, -0.15) is 0 Å². The minimum absolute atomic E-state index is 0.00790. The summed E-state index contributed by atoms with van der Waals surface area (Å²) in [7, 11) is -0.472. The predicted octanol–water partition coefficient (Wildman–Crippen LogP) is 2.06. The van der Waals surface area contributed by atoms with Crippen molar-refractivity contribution in [3.8, 4) is 0 Å². The van der Waals surface area contributed by atoms with Crippen LogP contribution in [0.2, 0.25) is 0 Å². The van der Waals surface area contributed by atoms with Gasteiger partial charge in [-0.25, -0.2) is 12.7 Å². The van der Waals surface area contributed by atoms with E-state index >= 15 is 0 Å². The molecule has 2 unspecified atom stereocenters. The number of hydrogen-bond acceptors (Lipinski definition) is 4. The normalized spacial score (nSPS) is 23.6. The standard InChI is InChI=1S/C14H24N2O3S/c1-11-5-4-6-12(11)9-15-10-13-7-8-14(19-13)20(17,18)16(2)3/h7-8,11-12,15H,4-6,9-10H2,1-3H3. The molecule has 6 heteroatoms. The van der Waals surface area contributed by atoms with Crippen LogP contribution in [0.15, 0.2) is 21.6 Å². The molecule has 1 aromatic heterocycles. The minimum atomic E-state index is -3.47. The van der Waals surface area contributed by atoms with Gasteiger partial charge in [0, 0.05) is 14.1 Å². The quantitative estimate of drug-likeness (QED) is 0.873. The highest BCUT2D eigenvalue weighted by Gasteiger charge is 2.23. The molecule has 0 spiro atoms. The van der Waals surface area contributed by atoms with Crippen molar-refractivity contribution in [1.82, 2.24) is 9.62 Å². The minimum Gasteiger partial charge on any atom is -0.447 e. The van der Waals surface area contributed by atoms with Gasteiger partial charge in [0.05, 0.1) is 6.54 Å². The first-order valence-electron chi connectivity index (χ1n) is 7.13. The van der Waals surface area contributed by atoms with Gasteiger partial charge >= 0.3 is 0 Å². The second-order valence-electron chi connectivity index (χ2n) is 5.81. The van der Waals surface area contributed by atoms with Crippen LogP contribution in [0.5, 0.6) is 0 Å². The van der Waals surface area contributed by atoms with Gasteiger partial charge in [-0.1, -0.05) is 19.8 Å². The Balaban J connectivity index is 1.87. The molecule has 5 nitrogen and oxygen atoms in total. The highest BCUT2D eigenvalue weighted by atomic mass is 32.2. The molecule has 1 fully saturated rings. The third-order valence-electron chi connectivity index (χ3n) is 4.12. The van der Waals surface area contributed by atoms with Crippen molar-refractivity contribution in [3.05, 3.63) is 17.9 Å². The maximum Gasteiger partial charge on any atom is 0.275 e. The summed E-state index contributed by atoms with van der Waals surface area (Å²) < 4.78 is 30.3. The lowest BCUT2D eigenvalue weighted by atomic mass is 9.98. The van der Waals surface area contributed by atoms with Crippen molar-refractivity contribution in [3.63, 3.8) is 0 Å². The fourth-order valence-corrected chi connectivity index (χ4v) is 3.49. The first-order valence-corrected chi connectivity index (χ1v) is 8.57. The van der Waals surface area contributed by atoms with Crippen LogP contribution in [0.4, 0.5) is 0 Å². The van der Waals surface area contributed by atoms with Crippen molar-refractivity contribution in [2.75, 3.05) is 20.6 Å². The second-order valence-corrected chi connectivity index (χ2v) is 7.89. The Hall–Kier alpha value is -0.850. The molecule has 0 radical (unpaired) electrons. The van der Waals surface area contributed by atoms with Crippen LogP contribution >= 0.6 is 0 Å². The van der Waals surface area contributed by atoms with E-state index in [1.807, 2.05) is 0 Å². The molecule has 2 rings (SSSR count). The van der Waals surface area contributed by atoms with E-state index in [1.165, 1.54) is 39.4 Å². The van der Waals surface area contributed by atoms with Crippen LogP contribution in [0.25, 0.3) is 0 Å². The van der Waals surface area contributed by atoms with E-state index < -0.39 is 10.0 Å². The molecule has 20 heavy (non-hydrogen) atoms. The molecule has 0 saturated heterocycles. The van der Waals surface area contributed by atoms with E-state index in [9.17, 15) is 8.42 Å². The van der Waals surface area contributed by atoms with Gasteiger partial charge in [0.25, 0.3) is 10.0 Å². The first-order chi connectivity index (χ1) is 9.41. The Bertz CT molecular complexity index is 536. The van der Waals surface area contributed by atoms with Gasteiger partial charge in [-0.3, -0.25) is 0 Å². The van der Waals surface area contributed by atoms with E-state index in [1.54, 1.807) is 6.07 Å². The van der Waals surface area contributed by atoms with Gasteiger partial charge < -0.3 is 9.73 Å². The van der Waals surface area contributed by atoms with Crippen LogP contribution in [0.1, 0.15) is 31.9 Å². The third-order valence-corrected chi connectivity index (χ3v) is 5.81. The fraction of sp³-hybridized carbons (Fsp3) is 0.714. The van der Waals surface area contributed by atoms with E-state index in [0.717, 1.165) is 22.7 Å². The molecule has 1 heterocycles. The van der Waals surface area contributed by atoms with Gasteiger partial charge in [-0.15, -0.1) is 0 Å². The summed E-state index contributed by atoms with van der Waals surface area (Å²) in [5.41, 5.74) is 0. The van der Waals surface area contributed by atoms with Crippen molar-refractivity contribution in [2.24, 2.45) is 11.8 Å². The van der Waals surface area contributed by atoms with Gasteiger partial charge in [0.15, 0.2) is 0 Å². The van der Waals surface area contributed by atoms with Crippen molar-refractivity contribution < 1.29 is 12.8 Å². The number of sulfonamides is 1. The topological polar surface area (TPSA) is 62.6 Å². The van der Waals surface area contributed by atoms with Gasteiger partial charge in [0.2, 0.25) is 5.09 Å². The molecule has 1 saturated carbocycles. The summed E-state index contributed by atoms with van der Waals surface area (Å²) in [5.74, 6) is 2.18. The smallest absolute Gasteiger partial charge is 0.275 e. The molecule has 1 N–H and O–H groups in total. The maximum absolute atomic E-state index is 11.9. The van der Waals surface area contributed by atoms with Gasteiger partial charge in [0.1, 0.15) is 5.76 Å². The first kappa shape index (κ1) is 15.5. The number of furan rings is 1. The largest absolute Gasteiger partial charge is 0.447 e. The van der Waals surface area contributed by atoms with Crippen LogP contribution < -0.4 is 5.32 Å². The highest BCUT2D eigenvalue weighted by molar-refractivity contribution is 7.88.